The Labute approximate surface area is 168 Å². The molecule has 0 radical (unpaired) electrons. The first-order valence-electron chi connectivity index (χ1n) is 9.21. The van der Waals surface area contributed by atoms with Gasteiger partial charge in [-0.2, -0.15) is 0 Å². The van der Waals surface area contributed by atoms with E-state index >= 15 is 0 Å². The van der Waals surface area contributed by atoms with Gasteiger partial charge in [0, 0.05) is 5.38 Å². The van der Waals surface area contributed by atoms with E-state index < -0.39 is 0 Å². The summed E-state index contributed by atoms with van der Waals surface area (Å²) >= 11 is 1.29. The zero-order valence-corrected chi connectivity index (χ0v) is 16.7. The number of hydrogen-bond donors (Lipinski definition) is 2. The highest BCUT2D eigenvalue weighted by atomic mass is 32.1. The van der Waals surface area contributed by atoms with E-state index in [0.717, 1.165) is 18.4 Å². The molecule has 146 valence electrons. The van der Waals surface area contributed by atoms with Gasteiger partial charge in [0.1, 0.15) is 5.76 Å². The minimum absolute atomic E-state index is 0.0134. The van der Waals surface area contributed by atoms with Crippen molar-refractivity contribution in [1.82, 2.24) is 10.3 Å². The molecule has 2 amide bonds. The second-order valence-electron chi connectivity index (χ2n) is 6.48. The van der Waals surface area contributed by atoms with Crippen LogP contribution in [0, 0.1) is 6.92 Å². The summed E-state index contributed by atoms with van der Waals surface area (Å²) in [4.78, 5) is 29.1. The molecule has 0 aliphatic heterocycles. The molecule has 6 nitrogen and oxygen atoms in total. The molecule has 2 heterocycles. The minimum atomic E-state index is -0.274. The van der Waals surface area contributed by atoms with Crippen molar-refractivity contribution >= 4 is 28.3 Å². The Balaban J connectivity index is 1.58. The molecule has 3 rings (SSSR count). The van der Waals surface area contributed by atoms with E-state index in [1.54, 1.807) is 18.4 Å². The zero-order valence-electron chi connectivity index (χ0n) is 15.9. The zero-order chi connectivity index (χ0) is 19.9. The molecular formula is C21H23N3O3S. The summed E-state index contributed by atoms with van der Waals surface area (Å²) in [5.41, 5.74) is 2.20. The lowest BCUT2D eigenvalue weighted by molar-refractivity contribution is -0.121. The van der Waals surface area contributed by atoms with Gasteiger partial charge in [0.05, 0.1) is 30.0 Å². The topological polar surface area (TPSA) is 84.2 Å². The first kappa shape index (κ1) is 19.8. The quantitative estimate of drug-likeness (QED) is 0.586. The van der Waals surface area contributed by atoms with Crippen molar-refractivity contribution in [2.75, 3.05) is 5.32 Å². The minimum Gasteiger partial charge on any atom is -0.469 e. The third-order valence-electron chi connectivity index (χ3n) is 4.33. The Kier molecular flexibility index (Phi) is 6.60. The number of rotatable bonds is 8. The van der Waals surface area contributed by atoms with Gasteiger partial charge >= 0.3 is 0 Å². The van der Waals surface area contributed by atoms with Crippen LogP contribution in [0.25, 0.3) is 0 Å². The number of nitrogens with zero attached hydrogens (tertiary/aromatic N) is 1. The molecule has 2 N–H and O–H groups in total. The smallest absolute Gasteiger partial charge is 0.260 e. The number of furan rings is 1. The fraction of sp³-hybridized carbons (Fsp3) is 0.286. The maximum atomic E-state index is 12.5. The maximum Gasteiger partial charge on any atom is 0.260 e. The number of benzene rings is 1. The van der Waals surface area contributed by atoms with Crippen LogP contribution in [0.3, 0.4) is 0 Å². The summed E-state index contributed by atoms with van der Waals surface area (Å²) in [6.45, 7) is 3.82. The molecule has 0 unspecified atom stereocenters. The highest BCUT2D eigenvalue weighted by Crippen LogP contribution is 2.20. The number of hydrogen-bond acceptors (Lipinski definition) is 5. The summed E-state index contributed by atoms with van der Waals surface area (Å²) in [6, 6.07) is 11.6. The van der Waals surface area contributed by atoms with Gasteiger partial charge in [-0.05, 0) is 25.0 Å². The summed E-state index contributed by atoms with van der Waals surface area (Å²) in [6.07, 6.45) is 3.49. The highest BCUT2D eigenvalue weighted by Gasteiger charge is 2.17. The van der Waals surface area contributed by atoms with Crippen LogP contribution in [0.1, 0.15) is 53.2 Å². The summed E-state index contributed by atoms with van der Waals surface area (Å²) in [5.74, 6) is 0.191. The molecule has 7 heteroatoms. The van der Waals surface area contributed by atoms with Gasteiger partial charge in [-0.1, -0.05) is 43.7 Å². The molecule has 1 atom stereocenters. The van der Waals surface area contributed by atoms with E-state index in [9.17, 15) is 9.59 Å². The van der Waals surface area contributed by atoms with E-state index in [2.05, 4.69) is 22.5 Å². The molecule has 2 aromatic heterocycles. The van der Waals surface area contributed by atoms with Crippen molar-refractivity contribution in [2.45, 2.75) is 39.2 Å². The molecule has 0 fully saturated rings. The molecule has 0 saturated carbocycles. The van der Waals surface area contributed by atoms with Crippen LogP contribution in [0.2, 0.25) is 0 Å². The first-order chi connectivity index (χ1) is 13.6. The van der Waals surface area contributed by atoms with Gasteiger partial charge in [-0.15, -0.1) is 11.3 Å². The Morgan fingerprint density at radius 3 is 2.68 bits per heavy atom. The molecule has 0 bridgehead atoms. The number of anilines is 1. The van der Waals surface area contributed by atoms with Crippen molar-refractivity contribution in [3.63, 3.8) is 0 Å². The molecule has 0 aliphatic rings. The second-order valence-corrected chi connectivity index (χ2v) is 7.34. The summed E-state index contributed by atoms with van der Waals surface area (Å²) in [7, 11) is 0. The Morgan fingerprint density at radius 2 is 2.00 bits per heavy atom. The number of thiazole rings is 1. The lowest BCUT2D eigenvalue weighted by Gasteiger charge is -2.18. The van der Waals surface area contributed by atoms with Crippen LogP contribution >= 0.6 is 11.3 Å². The van der Waals surface area contributed by atoms with Crippen LogP contribution in [-0.2, 0) is 11.2 Å². The lowest BCUT2D eigenvalue weighted by Crippen LogP contribution is -2.29. The van der Waals surface area contributed by atoms with Crippen LogP contribution in [0.4, 0.5) is 5.13 Å². The van der Waals surface area contributed by atoms with E-state index in [4.69, 9.17) is 4.42 Å². The molecular weight excluding hydrogens is 374 g/mol. The van der Waals surface area contributed by atoms with Crippen LogP contribution in [0.5, 0.6) is 0 Å². The van der Waals surface area contributed by atoms with Crippen molar-refractivity contribution in [1.29, 1.82) is 0 Å². The predicted octanol–water partition coefficient (Wildman–Crippen LogP) is 4.50. The third kappa shape index (κ3) is 5.07. The van der Waals surface area contributed by atoms with Crippen molar-refractivity contribution in [3.05, 3.63) is 70.6 Å². The number of aryl methyl sites for hydroxylation is 1. The Morgan fingerprint density at radius 1 is 1.21 bits per heavy atom. The van der Waals surface area contributed by atoms with Crippen LogP contribution in [0.15, 0.2) is 52.5 Å². The Bertz CT molecular complexity index is 933. The average Bonchev–Trinajstić information content (AvgIpc) is 3.30. The predicted molar refractivity (Wildman–Crippen MR) is 109 cm³/mol. The molecule has 3 aromatic rings. The van der Waals surface area contributed by atoms with E-state index in [1.807, 2.05) is 30.3 Å². The number of nitrogens with one attached hydrogen (secondary N) is 2. The monoisotopic (exact) mass is 397 g/mol. The SMILES string of the molecule is CCC[C@@H](NC(=O)Cc1csc(NC(=O)c2ccoc2C)n1)c1ccccc1. The van der Waals surface area contributed by atoms with Crippen molar-refractivity contribution in [2.24, 2.45) is 0 Å². The number of carbonyl (C=O) groups is 2. The number of carbonyl (C=O) groups excluding carboxylic acids is 2. The summed E-state index contributed by atoms with van der Waals surface area (Å²) in [5, 5.41) is 8.08. The van der Waals surface area contributed by atoms with Crippen LogP contribution < -0.4 is 10.6 Å². The molecule has 28 heavy (non-hydrogen) atoms. The molecule has 0 saturated heterocycles. The number of aromatic nitrogens is 1. The van der Waals surface area contributed by atoms with Gasteiger partial charge < -0.3 is 9.73 Å². The standard InChI is InChI=1S/C21H23N3O3S/c1-3-7-18(15-8-5-4-6-9-15)23-19(25)12-16-13-28-21(22-16)24-20(26)17-10-11-27-14(17)2/h4-6,8-11,13,18H,3,7,12H2,1-2H3,(H,23,25)(H,22,24,26)/t18-/m1/s1. The normalized spacial score (nSPS) is 11.8. The largest absolute Gasteiger partial charge is 0.469 e. The van der Waals surface area contributed by atoms with Gasteiger partial charge in [0.2, 0.25) is 5.91 Å². The lowest BCUT2D eigenvalue weighted by atomic mass is 10.0. The molecule has 0 spiro atoms. The molecule has 0 aliphatic carbocycles. The highest BCUT2D eigenvalue weighted by molar-refractivity contribution is 7.14. The average molecular weight is 398 g/mol. The Hall–Kier alpha value is -2.93. The van der Waals surface area contributed by atoms with E-state index in [-0.39, 0.29) is 24.3 Å². The van der Waals surface area contributed by atoms with E-state index in [0.29, 0.717) is 22.1 Å². The third-order valence-corrected chi connectivity index (χ3v) is 5.14. The molecule has 1 aromatic carbocycles. The van der Waals surface area contributed by atoms with Crippen molar-refractivity contribution < 1.29 is 14.0 Å². The van der Waals surface area contributed by atoms with Gasteiger partial charge in [-0.3, -0.25) is 14.9 Å². The van der Waals surface area contributed by atoms with Crippen LogP contribution in [-0.4, -0.2) is 16.8 Å². The van der Waals surface area contributed by atoms with Gasteiger partial charge in [0.15, 0.2) is 5.13 Å². The fourth-order valence-corrected chi connectivity index (χ4v) is 3.64. The first-order valence-corrected chi connectivity index (χ1v) is 10.1. The van der Waals surface area contributed by atoms with Gasteiger partial charge in [-0.25, -0.2) is 4.98 Å². The second kappa shape index (κ2) is 9.32. The number of amides is 2. The van der Waals surface area contributed by atoms with E-state index in [1.165, 1.54) is 17.6 Å². The van der Waals surface area contributed by atoms with Crippen molar-refractivity contribution in [3.8, 4) is 0 Å². The fourth-order valence-electron chi connectivity index (χ4n) is 2.94. The summed E-state index contributed by atoms with van der Waals surface area (Å²) < 4.78 is 5.14. The van der Waals surface area contributed by atoms with Gasteiger partial charge in [0.25, 0.3) is 5.91 Å². The maximum absolute atomic E-state index is 12.5.